The maximum atomic E-state index is 14.0. The lowest BCUT2D eigenvalue weighted by atomic mass is 10.2. The minimum absolute atomic E-state index is 0.277. The van der Waals surface area contributed by atoms with Gasteiger partial charge in [0, 0.05) is 36.2 Å². The van der Waals surface area contributed by atoms with Gasteiger partial charge in [0.25, 0.3) is 5.91 Å². The molecule has 1 aliphatic heterocycles. The second kappa shape index (κ2) is 7.52. The Kier molecular flexibility index (Phi) is 4.94. The van der Waals surface area contributed by atoms with Crippen LogP contribution in [0.1, 0.15) is 23.2 Å². The molecule has 1 aromatic heterocycles. The van der Waals surface area contributed by atoms with Crippen LogP contribution in [0.2, 0.25) is 0 Å². The summed E-state index contributed by atoms with van der Waals surface area (Å²) in [6.45, 7) is 1.84. The molecule has 2 heterocycles. The van der Waals surface area contributed by atoms with Crippen LogP contribution in [0.15, 0.2) is 59.3 Å². The number of carbonyl (C=O) groups is 1. The smallest absolute Gasteiger partial charge is 0.255 e. The first kappa shape index (κ1) is 17.7. The first-order valence-electron chi connectivity index (χ1n) is 8.76. The van der Waals surface area contributed by atoms with E-state index in [-0.39, 0.29) is 11.7 Å². The van der Waals surface area contributed by atoms with Crippen molar-refractivity contribution in [2.24, 2.45) is 0 Å². The summed E-state index contributed by atoms with van der Waals surface area (Å²) in [6.07, 6.45) is 5.75. The molecule has 4 rings (SSSR count). The number of amides is 1. The number of aromatic nitrogens is 2. The van der Waals surface area contributed by atoms with E-state index in [1.165, 1.54) is 12.1 Å². The van der Waals surface area contributed by atoms with Gasteiger partial charge in [-0.05, 0) is 71.2 Å². The zero-order chi connectivity index (χ0) is 18.8. The quantitative estimate of drug-likeness (QED) is 0.658. The molecule has 2 aromatic carbocycles. The lowest BCUT2D eigenvalue weighted by Gasteiger charge is -2.19. The van der Waals surface area contributed by atoms with Crippen LogP contribution in [-0.2, 0) is 0 Å². The number of nitrogens with one attached hydrogen (secondary N) is 1. The monoisotopic (exact) mass is 428 g/mol. The third-order valence-corrected chi connectivity index (χ3v) is 4.97. The molecule has 0 spiro atoms. The molecule has 1 amide bonds. The van der Waals surface area contributed by atoms with Crippen molar-refractivity contribution in [3.05, 3.63) is 70.7 Å². The molecule has 1 aliphatic rings. The zero-order valence-electron chi connectivity index (χ0n) is 14.5. The molecule has 0 atom stereocenters. The van der Waals surface area contributed by atoms with Crippen molar-refractivity contribution in [3.8, 4) is 5.69 Å². The first-order chi connectivity index (χ1) is 13.1. The molecule has 3 aromatic rings. The lowest BCUT2D eigenvalue weighted by molar-refractivity contribution is 0.102. The Balaban J connectivity index is 1.50. The predicted octanol–water partition coefficient (Wildman–Crippen LogP) is 4.63. The summed E-state index contributed by atoms with van der Waals surface area (Å²) in [5.74, 6) is -0.629. The molecule has 0 unspecified atom stereocenters. The van der Waals surface area contributed by atoms with E-state index in [9.17, 15) is 9.18 Å². The number of halogens is 2. The average molecular weight is 429 g/mol. The topological polar surface area (TPSA) is 50.2 Å². The average Bonchev–Trinajstić information content (AvgIpc) is 3.33. The van der Waals surface area contributed by atoms with Crippen molar-refractivity contribution in [2.75, 3.05) is 23.3 Å². The SMILES string of the molecule is O=C(Nc1cc(F)cc(N2CCCC2)c1)c1ccc(-n2cc(Br)cn2)cc1. The summed E-state index contributed by atoms with van der Waals surface area (Å²) < 4.78 is 16.6. The van der Waals surface area contributed by atoms with E-state index >= 15 is 0 Å². The van der Waals surface area contributed by atoms with E-state index in [0.29, 0.717) is 11.3 Å². The number of hydrogen-bond acceptors (Lipinski definition) is 3. The molecule has 5 nitrogen and oxygen atoms in total. The maximum Gasteiger partial charge on any atom is 0.255 e. The molecule has 0 bridgehead atoms. The molecular weight excluding hydrogens is 411 g/mol. The second-order valence-electron chi connectivity index (χ2n) is 6.50. The summed E-state index contributed by atoms with van der Waals surface area (Å²) in [5.41, 5.74) is 2.61. The van der Waals surface area contributed by atoms with Gasteiger partial charge in [-0.15, -0.1) is 0 Å². The van der Waals surface area contributed by atoms with E-state index < -0.39 is 0 Å². The van der Waals surface area contributed by atoms with Gasteiger partial charge in [-0.2, -0.15) is 5.10 Å². The highest BCUT2D eigenvalue weighted by atomic mass is 79.9. The van der Waals surface area contributed by atoms with Crippen LogP contribution in [0.5, 0.6) is 0 Å². The molecule has 0 saturated carbocycles. The van der Waals surface area contributed by atoms with Crippen LogP contribution in [0.4, 0.5) is 15.8 Å². The van der Waals surface area contributed by atoms with Gasteiger partial charge in [-0.3, -0.25) is 4.79 Å². The van der Waals surface area contributed by atoms with Gasteiger partial charge in [-0.25, -0.2) is 9.07 Å². The Morgan fingerprint density at radius 1 is 1.07 bits per heavy atom. The Hall–Kier alpha value is -2.67. The van der Waals surface area contributed by atoms with Crippen molar-refractivity contribution < 1.29 is 9.18 Å². The predicted molar refractivity (Wildman–Crippen MR) is 107 cm³/mol. The summed E-state index contributed by atoms with van der Waals surface area (Å²) in [7, 11) is 0. The van der Waals surface area contributed by atoms with Gasteiger partial charge >= 0.3 is 0 Å². The standard InChI is InChI=1S/C20H18BrFN4O/c21-15-12-23-26(13-15)18-5-3-14(4-6-18)20(27)24-17-9-16(22)10-19(11-17)25-7-1-2-8-25/h3-6,9-13H,1-2,7-8H2,(H,24,27). The van der Waals surface area contributed by atoms with E-state index in [1.807, 2.05) is 24.4 Å². The number of nitrogens with zero attached hydrogens (tertiary/aromatic N) is 3. The second-order valence-corrected chi connectivity index (χ2v) is 7.41. The number of rotatable bonds is 4. The number of benzene rings is 2. The molecule has 138 valence electrons. The molecule has 0 aliphatic carbocycles. The Labute approximate surface area is 164 Å². The van der Waals surface area contributed by atoms with Crippen molar-refractivity contribution >= 4 is 33.2 Å². The third-order valence-electron chi connectivity index (χ3n) is 4.56. The van der Waals surface area contributed by atoms with E-state index in [1.54, 1.807) is 23.0 Å². The fraction of sp³-hybridized carbons (Fsp3) is 0.200. The van der Waals surface area contributed by atoms with Crippen molar-refractivity contribution in [2.45, 2.75) is 12.8 Å². The van der Waals surface area contributed by atoms with E-state index in [2.05, 4.69) is 31.2 Å². The van der Waals surface area contributed by atoms with Crippen LogP contribution < -0.4 is 10.2 Å². The highest BCUT2D eigenvalue weighted by Gasteiger charge is 2.15. The van der Waals surface area contributed by atoms with Crippen molar-refractivity contribution in [1.82, 2.24) is 9.78 Å². The number of hydrogen-bond donors (Lipinski definition) is 1. The Bertz CT molecular complexity index is 964. The summed E-state index contributed by atoms with van der Waals surface area (Å²) in [6, 6.07) is 11.8. The number of anilines is 2. The molecule has 1 fully saturated rings. The summed E-state index contributed by atoms with van der Waals surface area (Å²) in [5, 5.41) is 7.00. The van der Waals surface area contributed by atoms with Crippen LogP contribution >= 0.6 is 15.9 Å². The Morgan fingerprint density at radius 2 is 1.81 bits per heavy atom. The van der Waals surface area contributed by atoms with Crippen LogP contribution in [0.25, 0.3) is 5.69 Å². The largest absolute Gasteiger partial charge is 0.371 e. The molecule has 27 heavy (non-hydrogen) atoms. The normalized spacial score (nSPS) is 13.8. The first-order valence-corrected chi connectivity index (χ1v) is 9.55. The van der Waals surface area contributed by atoms with Crippen LogP contribution in [-0.4, -0.2) is 28.8 Å². The minimum atomic E-state index is -0.352. The van der Waals surface area contributed by atoms with Gasteiger partial charge in [0.15, 0.2) is 0 Å². The number of carbonyl (C=O) groups excluding carboxylic acids is 1. The van der Waals surface area contributed by atoms with Gasteiger partial charge in [0.05, 0.1) is 16.4 Å². The van der Waals surface area contributed by atoms with Crippen LogP contribution in [0, 0.1) is 5.82 Å². The highest BCUT2D eigenvalue weighted by molar-refractivity contribution is 9.10. The van der Waals surface area contributed by atoms with Crippen molar-refractivity contribution in [3.63, 3.8) is 0 Å². The highest BCUT2D eigenvalue weighted by Crippen LogP contribution is 2.25. The third kappa shape index (κ3) is 4.03. The fourth-order valence-electron chi connectivity index (χ4n) is 3.22. The van der Waals surface area contributed by atoms with Gasteiger partial charge in [0.2, 0.25) is 0 Å². The van der Waals surface area contributed by atoms with E-state index in [4.69, 9.17) is 0 Å². The molecule has 1 saturated heterocycles. The van der Waals surface area contributed by atoms with E-state index in [0.717, 1.165) is 41.8 Å². The molecule has 0 radical (unpaired) electrons. The molecule has 7 heteroatoms. The zero-order valence-corrected chi connectivity index (χ0v) is 16.1. The van der Waals surface area contributed by atoms with Crippen molar-refractivity contribution in [1.29, 1.82) is 0 Å². The van der Waals surface area contributed by atoms with Crippen LogP contribution in [0.3, 0.4) is 0 Å². The summed E-state index contributed by atoms with van der Waals surface area (Å²) >= 11 is 3.36. The summed E-state index contributed by atoms with van der Waals surface area (Å²) in [4.78, 5) is 14.7. The van der Waals surface area contributed by atoms with Gasteiger partial charge in [0.1, 0.15) is 5.82 Å². The van der Waals surface area contributed by atoms with Gasteiger partial charge in [-0.1, -0.05) is 0 Å². The maximum absolute atomic E-state index is 14.0. The van der Waals surface area contributed by atoms with Gasteiger partial charge < -0.3 is 10.2 Å². The Morgan fingerprint density at radius 3 is 2.48 bits per heavy atom. The fourth-order valence-corrected chi connectivity index (χ4v) is 3.50. The lowest BCUT2D eigenvalue weighted by Crippen LogP contribution is -2.18. The minimum Gasteiger partial charge on any atom is -0.371 e. The molecule has 1 N–H and O–H groups in total. The molecular formula is C20H18BrFN4O.